The predicted octanol–water partition coefficient (Wildman–Crippen LogP) is 2.53. The van der Waals surface area contributed by atoms with E-state index in [4.69, 9.17) is 0 Å². The molecule has 0 aromatic rings. The van der Waals surface area contributed by atoms with Gasteiger partial charge in [0.2, 0.25) is 0 Å². The minimum absolute atomic E-state index is 0. The molecular formula is C6H15HfP. The van der Waals surface area contributed by atoms with Crippen molar-refractivity contribution in [1.29, 1.82) is 0 Å². The molecule has 0 aliphatic carbocycles. The molecule has 0 atom stereocenters. The Hall–Kier alpha value is 1.30. The van der Waals surface area contributed by atoms with Crippen molar-refractivity contribution in [2.24, 2.45) is 0 Å². The summed E-state index contributed by atoms with van der Waals surface area (Å²) in [7, 11) is 0.446. The van der Waals surface area contributed by atoms with Crippen LogP contribution in [0.15, 0.2) is 0 Å². The monoisotopic (exact) mass is 298 g/mol. The molecule has 0 aromatic heterocycles. The maximum Gasteiger partial charge on any atom is 0 e. The minimum atomic E-state index is 0. The van der Waals surface area contributed by atoms with Crippen molar-refractivity contribution in [2.75, 3.05) is 18.5 Å². The smallest absolute Gasteiger partial charge is 0 e. The Kier molecular flexibility index (Phi) is 12.5. The van der Waals surface area contributed by atoms with Gasteiger partial charge in [-0.05, 0) is 18.5 Å². The second-order valence-electron chi connectivity index (χ2n) is 1.62. The van der Waals surface area contributed by atoms with E-state index in [1.807, 2.05) is 0 Å². The fraction of sp³-hybridized carbons (Fsp3) is 1.00. The third-order valence-corrected chi connectivity index (χ3v) is 4.02. The molecule has 0 N–H and O–H groups in total. The van der Waals surface area contributed by atoms with Crippen LogP contribution in [0, 0.1) is 0 Å². The van der Waals surface area contributed by atoms with Crippen molar-refractivity contribution in [3.8, 4) is 0 Å². The molecule has 0 fully saturated rings. The Balaban J connectivity index is 0. The Bertz CT molecular complexity index is 30.0. The van der Waals surface area contributed by atoms with E-state index >= 15 is 0 Å². The summed E-state index contributed by atoms with van der Waals surface area (Å²) in [4.78, 5) is 0. The summed E-state index contributed by atoms with van der Waals surface area (Å²) in [5.74, 6) is 0. The summed E-state index contributed by atoms with van der Waals surface area (Å²) in [6.45, 7) is 6.87. The number of hydrogen-bond acceptors (Lipinski definition) is 0. The average Bonchev–Trinajstić information content (AvgIpc) is 1.72. The van der Waals surface area contributed by atoms with Gasteiger partial charge in [-0.3, -0.25) is 0 Å². The Morgan fingerprint density at radius 1 is 0.875 bits per heavy atom. The van der Waals surface area contributed by atoms with Crippen LogP contribution in [0.3, 0.4) is 0 Å². The maximum absolute atomic E-state index is 2.29. The molecule has 48 valence electrons. The molecule has 0 spiro atoms. The third-order valence-electron chi connectivity index (χ3n) is 1.34. The molecule has 0 radical (unpaired) electrons. The zero-order chi connectivity index (χ0) is 5.70. The molecular weight excluding hydrogens is 282 g/mol. The van der Waals surface area contributed by atoms with E-state index in [1.165, 1.54) is 18.5 Å². The zero-order valence-corrected chi connectivity index (χ0v) is 10.6. The van der Waals surface area contributed by atoms with Gasteiger partial charge in [-0.25, -0.2) is 0 Å². The fourth-order valence-corrected chi connectivity index (χ4v) is 2.01. The second kappa shape index (κ2) is 8.30. The Morgan fingerprint density at radius 3 is 1.12 bits per heavy atom. The van der Waals surface area contributed by atoms with Crippen LogP contribution in [-0.4, -0.2) is 18.5 Å². The van der Waals surface area contributed by atoms with E-state index < -0.39 is 0 Å². The van der Waals surface area contributed by atoms with E-state index in [9.17, 15) is 0 Å². The van der Waals surface area contributed by atoms with Gasteiger partial charge in [0.25, 0.3) is 0 Å². The van der Waals surface area contributed by atoms with Gasteiger partial charge in [0, 0.05) is 25.8 Å². The van der Waals surface area contributed by atoms with Crippen LogP contribution in [0.2, 0.25) is 0 Å². The van der Waals surface area contributed by atoms with Crippen LogP contribution in [0.5, 0.6) is 0 Å². The molecule has 0 rings (SSSR count). The quantitative estimate of drug-likeness (QED) is 0.554. The Morgan fingerprint density at radius 2 is 1.12 bits per heavy atom. The van der Waals surface area contributed by atoms with E-state index in [1.54, 1.807) is 0 Å². The average molecular weight is 297 g/mol. The van der Waals surface area contributed by atoms with Crippen molar-refractivity contribution in [3.05, 3.63) is 0 Å². The van der Waals surface area contributed by atoms with Crippen molar-refractivity contribution in [3.63, 3.8) is 0 Å². The molecule has 0 aromatic carbocycles. The van der Waals surface area contributed by atoms with E-state index in [0.717, 1.165) is 0 Å². The summed E-state index contributed by atoms with van der Waals surface area (Å²) >= 11 is 0. The van der Waals surface area contributed by atoms with Crippen molar-refractivity contribution in [1.82, 2.24) is 0 Å². The first-order chi connectivity index (χ1) is 3.35. The molecule has 0 aliphatic heterocycles. The number of hydrogen-bond donors (Lipinski definition) is 0. The van der Waals surface area contributed by atoms with Crippen LogP contribution in [0.25, 0.3) is 0 Å². The molecule has 0 saturated carbocycles. The molecule has 0 nitrogen and oxygen atoms in total. The predicted molar refractivity (Wildman–Crippen MR) is 38.5 cm³/mol. The van der Waals surface area contributed by atoms with E-state index in [0.29, 0.717) is 7.92 Å². The zero-order valence-electron chi connectivity index (χ0n) is 6.07. The normalized spacial score (nSPS) is 9.00. The van der Waals surface area contributed by atoms with Gasteiger partial charge in [0.15, 0.2) is 0 Å². The van der Waals surface area contributed by atoms with Crippen LogP contribution in [0.1, 0.15) is 20.8 Å². The van der Waals surface area contributed by atoms with Crippen molar-refractivity contribution < 1.29 is 25.8 Å². The van der Waals surface area contributed by atoms with Gasteiger partial charge < -0.3 is 0 Å². The number of rotatable bonds is 3. The summed E-state index contributed by atoms with van der Waals surface area (Å²) in [5, 5.41) is 0. The minimum Gasteiger partial charge on any atom is -0.108 e. The van der Waals surface area contributed by atoms with E-state index in [2.05, 4.69) is 20.8 Å². The molecule has 0 saturated heterocycles. The van der Waals surface area contributed by atoms with Gasteiger partial charge in [0.1, 0.15) is 0 Å². The summed E-state index contributed by atoms with van der Waals surface area (Å²) in [5.41, 5.74) is 0. The molecule has 2 heteroatoms. The van der Waals surface area contributed by atoms with E-state index in [-0.39, 0.29) is 25.8 Å². The maximum atomic E-state index is 2.29. The topological polar surface area (TPSA) is 0 Å². The largest absolute Gasteiger partial charge is 0.108 e. The van der Waals surface area contributed by atoms with Gasteiger partial charge in [-0.1, -0.05) is 20.8 Å². The molecule has 0 heterocycles. The SMILES string of the molecule is CCP(CC)CC.[Hf]. The van der Waals surface area contributed by atoms with Crippen molar-refractivity contribution >= 4 is 7.92 Å². The molecule has 8 heavy (non-hydrogen) atoms. The summed E-state index contributed by atoms with van der Waals surface area (Å²) in [6.07, 6.45) is 4.26. The first kappa shape index (κ1) is 12.0. The van der Waals surface area contributed by atoms with Crippen LogP contribution >= 0.6 is 7.92 Å². The van der Waals surface area contributed by atoms with Crippen LogP contribution < -0.4 is 0 Å². The van der Waals surface area contributed by atoms with Gasteiger partial charge in [-0.15, -0.1) is 7.92 Å². The first-order valence-corrected chi connectivity index (χ1v) is 4.97. The third kappa shape index (κ3) is 5.44. The standard InChI is InChI=1S/C6H15P.Hf/c1-4-7(5-2)6-3;/h4-6H2,1-3H3;. The fourth-order valence-electron chi connectivity index (χ4n) is 0.671. The van der Waals surface area contributed by atoms with Gasteiger partial charge >= 0.3 is 0 Å². The van der Waals surface area contributed by atoms with Crippen molar-refractivity contribution in [2.45, 2.75) is 20.8 Å². The molecule has 0 unspecified atom stereocenters. The summed E-state index contributed by atoms with van der Waals surface area (Å²) in [6, 6.07) is 0. The van der Waals surface area contributed by atoms with Gasteiger partial charge in [0.05, 0.1) is 0 Å². The van der Waals surface area contributed by atoms with Gasteiger partial charge in [-0.2, -0.15) is 0 Å². The second-order valence-corrected chi connectivity index (χ2v) is 4.86. The van der Waals surface area contributed by atoms with Crippen LogP contribution in [-0.2, 0) is 25.8 Å². The molecule has 0 bridgehead atoms. The first-order valence-electron chi connectivity index (χ1n) is 3.07. The molecule has 0 amide bonds. The molecule has 0 aliphatic rings. The Labute approximate surface area is 73.0 Å². The van der Waals surface area contributed by atoms with Crippen LogP contribution in [0.4, 0.5) is 0 Å². The summed E-state index contributed by atoms with van der Waals surface area (Å²) < 4.78 is 0.